The number of aromatic nitrogens is 2. The predicted molar refractivity (Wildman–Crippen MR) is 76.8 cm³/mol. The first-order chi connectivity index (χ1) is 7.43. The minimum atomic E-state index is -0.138. The van der Waals surface area contributed by atoms with Crippen molar-refractivity contribution in [2.24, 2.45) is 11.7 Å². The number of thiocarbonyl (C=S) groups is 1. The van der Waals surface area contributed by atoms with Crippen molar-refractivity contribution in [1.82, 2.24) is 9.97 Å². The molecule has 0 aliphatic carbocycles. The molecule has 1 heterocycles. The number of hydrogen-bond acceptors (Lipinski definition) is 4. The molecule has 88 valence electrons. The third-order valence-electron chi connectivity index (χ3n) is 2.17. The lowest BCUT2D eigenvalue weighted by Crippen LogP contribution is -2.33. The molecule has 1 unspecified atom stereocenters. The molecular weight excluding hydrogens is 339 g/mol. The van der Waals surface area contributed by atoms with E-state index in [0.717, 1.165) is 0 Å². The molecule has 0 saturated carbocycles. The zero-order chi connectivity index (χ0) is 12.3. The average Bonchev–Trinajstić information content (AvgIpc) is 2.21. The molecule has 1 atom stereocenters. The summed E-state index contributed by atoms with van der Waals surface area (Å²) in [6.45, 7) is 2.58. The van der Waals surface area contributed by atoms with Gasteiger partial charge >= 0.3 is 0 Å². The zero-order valence-corrected chi connectivity index (χ0v) is 12.0. The lowest BCUT2D eigenvalue weighted by atomic mass is 10.2. The van der Waals surface area contributed by atoms with Crippen LogP contribution in [0.2, 0.25) is 0 Å². The minimum absolute atomic E-state index is 0.0805. The normalized spacial score (nSPS) is 12.2. The van der Waals surface area contributed by atoms with E-state index in [4.69, 9.17) is 18.0 Å². The van der Waals surface area contributed by atoms with E-state index in [1.807, 2.05) is 41.5 Å². The van der Waals surface area contributed by atoms with E-state index in [9.17, 15) is 4.79 Å². The van der Waals surface area contributed by atoms with Gasteiger partial charge in [-0.05, 0) is 22.6 Å². The van der Waals surface area contributed by atoms with Crippen LogP contribution in [0.5, 0.6) is 0 Å². The molecule has 0 spiro atoms. The number of rotatable bonds is 4. The molecule has 5 nitrogen and oxygen atoms in total. The van der Waals surface area contributed by atoms with Gasteiger partial charge in [0, 0.05) is 19.5 Å². The maximum absolute atomic E-state index is 11.4. The molecule has 0 amide bonds. The minimum Gasteiger partial charge on any atom is -0.393 e. The Hall–Kier alpha value is -0.700. The summed E-state index contributed by atoms with van der Waals surface area (Å²) in [6.07, 6.45) is 1.39. The number of halogens is 1. The van der Waals surface area contributed by atoms with Crippen molar-refractivity contribution < 1.29 is 0 Å². The van der Waals surface area contributed by atoms with E-state index >= 15 is 0 Å². The molecule has 3 N–H and O–H groups in total. The van der Waals surface area contributed by atoms with E-state index < -0.39 is 0 Å². The monoisotopic (exact) mass is 352 g/mol. The van der Waals surface area contributed by atoms with Crippen molar-refractivity contribution in [1.29, 1.82) is 0 Å². The number of nitrogens with two attached hydrogens (primary N) is 1. The van der Waals surface area contributed by atoms with Gasteiger partial charge in [-0.3, -0.25) is 4.79 Å². The molecule has 0 aliphatic heterocycles. The van der Waals surface area contributed by atoms with Crippen LogP contribution in [0.4, 0.5) is 5.82 Å². The summed E-state index contributed by atoms with van der Waals surface area (Å²) in [6, 6.07) is 0. The SMILES string of the molecule is CC(CN(C)c1nc[nH]c(=O)c1I)C(N)=S. The Balaban J connectivity index is 2.89. The van der Waals surface area contributed by atoms with Crippen LogP contribution in [-0.2, 0) is 0 Å². The summed E-state index contributed by atoms with van der Waals surface area (Å²) in [4.78, 5) is 20.4. The van der Waals surface area contributed by atoms with E-state index in [1.165, 1.54) is 6.33 Å². The fourth-order valence-electron chi connectivity index (χ4n) is 1.23. The largest absolute Gasteiger partial charge is 0.393 e. The van der Waals surface area contributed by atoms with Crippen molar-refractivity contribution in [2.45, 2.75) is 6.92 Å². The van der Waals surface area contributed by atoms with Crippen molar-refractivity contribution in [3.05, 3.63) is 20.3 Å². The Morgan fingerprint density at radius 3 is 3.00 bits per heavy atom. The standard InChI is InChI=1S/C9H13IN4OS/c1-5(7(11)16)3-14(2)8-6(10)9(15)13-4-12-8/h4-5H,3H2,1-2H3,(H2,11,16)(H,12,13,15). The quantitative estimate of drug-likeness (QED) is 0.618. The Kier molecular flexibility index (Phi) is 4.66. The van der Waals surface area contributed by atoms with Crippen LogP contribution in [0.25, 0.3) is 0 Å². The highest BCUT2D eigenvalue weighted by Gasteiger charge is 2.14. The van der Waals surface area contributed by atoms with Crippen LogP contribution >= 0.6 is 34.8 Å². The first-order valence-electron chi connectivity index (χ1n) is 4.67. The molecule has 0 bridgehead atoms. The molecule has 7 heteroatoms. The summed E-state index contributed by atoms with van der Waals surface area (Å²) in [5.74, 6) is 0.726. The van der Waals surface area contributed by atoms with Crippen molar-refractivity contribution in [3.8, 4) is 0 Å². The van der Waals surface area contributed by atoms with Crippen LogP contribution in [-0.4, -0.2) is 28.5 Å². The molecular formula is C9H13IN4OS. The second-order valence-electron chi connectivity index (χ2n) is 3.55. The summed E-state index contributed by atoms with van der Waals surface area (Å²) in [5.41, 5.74) is 5.41. The molecule has 1 rings (SSSR count). The van der Waals surface area contributed by atoms with Crippen molar-refractivity contribution in [3.63, 3.8) is 0 Å². The van der Waals surface area contributed by atoms with Crippen LogP contribution in [0.1, 0.15) is 6.92 Å². The van der Waals surface area contributed by atoms with Crippen LogP contribution in [0.15, 0.2) is 11.1 Å². The number of aromatic amines is 1. The second kappa shape index (κ2) is 5.58. The second-order valence-corrected chi connectivity index (χ2v) is 5.10. The Bertz CT molecular complexity index is 447. The first kappa shape index (κ1) is 13.4. The Morgan fingerprint density at radius 2 is 2.44 bits per heavy atom. The summed E-state index contributed by atoms with van der Waals surface area (Å²) < 4.78 is 0.567. The summed E-state index contributed by atoms with van der Waals surface area (Å²) >= 11 is 6.88. The third kappa shape index (κ3) is 3.14. The van der Waals surface area contributed by atoms with Gasteiger partial charge in [0.15, 0.2) is 0 Å². The lowest BCUT2D eigenvalue weighted by molar-refractivity contribution is 0.731. The van der Waals surface area contributed by atoms with Crippen LogP contribution < -0.4 is 16.2 Å². The van der Waals surface area contributed by atoms with Gasteiger partial charge in [-0.25, -0.2) is 4.98 Å². The highest BCUT2D eigenvalue weighted by atomic mass is 127. The highest BCUT2D eigenvalue weighted by Crippen LogP contribution is 2.14. The van der Waals surface area contributed by atoms with Gasteiger partial charge in [0.05, 0.1) is 11.3 Å². The smallest absolute Gasteiger partial charge is 0.266 e. The fraction of sp³-hybridized carbons (Fsp3) is 0.444. The van der Waals surface area contributed by atoms with Gasteiger partial charge in [0.25, 0.3) is 5.56 Å². The third-order valence-corrected chi connectivity index (χ3v) is 3.55. The first-order valence-corrected chi connectivity index (χ1v) is 6.15. The molecule has 0 fully saturated rings. The number of anilines is 1. The van der Waals surface area contributed by atoms with Crippen LogP contribution in [0, 0.1) is 9.49 Å². The number of hydrogen-bond donors (Lipinski definition) is 2. The van der Waals surface area contributed by atoms with Gasteiger partial charge < -0.3 is 15.6 Å². The average molecular weight is 352 g/mol. The van der Waals surface area contributed by atoms with E-state index in [-0.39, 0.29) is 11.5 Å². The Morgan fingerprint density at radius 1 is 1.81 bits per heavy atom. The summed E-state index contributed by atoms with van der Waals surface area (Å²) in [5, 5.41) is 0. The van der Waals surface area contributed by atoms with Crippen LogP contribution in [0.3, 0.4) is 0 Å². The van der Waals surface area contributed by atoms with Gasteiger partial charge in [0.1, 0.15) is 9.39 Å². The lowest BCUT2D eigenvalue weighted by Gasteiger charge is -2.22. The number of nitrogens with zero attached hydrogens (tertiary/aromatic N) is 2. The molecule has 16 heavy (non-hydrogen) atoms. The van der Waals surface area contributed by atoms with E-state index in [2.05, 4.69) is 9.97 Å². The molecule has 1 aromatic heterocycles. The number of nitrogens with one attached hydrogen (secondary N) is 1. The maximum atomic E-state index is 11.4. The topological polar surface area (TPSA) is 75.0 Å². The zero-order valence-electron chi connectivity index (χ0n) is 9.03. The van der Waals surface area contributed by atoms with Gasteiger partial charge in [-0.15, -0.1) is 0 Å². The van der Waals surface area contributed by atoms with Crippen molar-refractivity contribution >= 4 is 45.6 Å². The van der Waals surface area contributed by atoms with E-state index in [1.54, 1.807) is 0 Å². The molecule has 0 aromatic carbocycles. The number of H-pyrrole nitrogens is 1. The highest BCUT2D eigenvalue weighted by molar-refractivity contribution is 14.1. The van der Waals surface area contributed by atoms with Gasteiger partial charge in [0.2, 0.25) is 0 Å². The van der Waals surface area contributed by atoms with Crippen molar-refractivity contribution in [2.75, 3.05) is 18.5 Å². The maximum Gasteiger partial charge on any atom is 0.266 e. The predicted octanol–water partition coefficient (Wildman–Crippen LogP) is 0.733. The van der Waals surface area contributed by atoms with E-state index in [0.29, 0.717) is 20.9 Å². The Labute approximate surface area is 113 Å². The fourth-order valence-corrected chi connectivity index (χ4v) is 2.01. The molecule has 0 saturated heterocycles. The van der Waals surface area contributed by atoms with Gasteiger partial charge in [-0.2, -0.15) is 0 Å². The molecule has 1 aromatic rings. The van der Waals surface area contributed by atoms with Gasteiger partial charge in [-0.1, -0.05) is 19.1 Å². The molecule has 0 aliphatic rings. The summed E-state index contributed by atoms with van der Waals surface area (Å²) in [7, 11) is 1.86. The molecule has 0 radical (unpaired) electrons.